The Kier molecular flexibility index (Phi) is 3.17. The molecule has 0 saturated carbocycles. The summed E-state index contributed by atoms with van der Waals surface area (Å²) in [6.07, 6.45) is 6.80. The van der Waals surface area contributed by atoms with Crippen molar-refractivity contribution in [3.8, 4) is 0 Å². The lowest BCUT2D eigenvalue weighted by Crippen LogP contribution is -2.78. The van der Waals surface area contributed by atoms with Gasteiger partial charge in [0.2, 0.25) is 5.91 Å². The van der Waals surface area contributed by atoms with Crippen LogP contribution in [0.2, 0.25) is 0 Å². The molecule has 0 bridgehead atoms. The SMILES string of the molecule is O=C1C=CC2(C=C1)N(Cc1ccccc1)C(=O)[C@@]21Cc2ccccc2C1=O. The number of carbonyl (C=O) groups excluding carboxylic acids is 3. The molecule has 1 atom stereocenters. The highest BCUT2D eigenvalue weighted by molar-refractivity contribution is 6.23. The summed E-state index contributed by atoms with van der Waals surface area (Å²) in [4.78, 5) is 40.2. The maximum absolute atomic E-state index is 13.4. The highest BCUT2D eigenvalue weighted by Crippen LogP contribution is 2.58. The maximum atomic E-state index is 13.4. The Morgan fingerprint density at radius 1 is 0.852 bits per heavy atom. The van der Waals surface area contributed by atoms with Gasteiger partial charge in [0.05, 0.1) is 0 Å². The van der Waals surface area contributed by atoms with Crippen molar-refractivity contribution < 1.29 is 14.4 Å². The predicted molar refractivity (Wildman–Crippen MR) is 99.9 cm³/mol. The lowest BCUT2D eigenvalue weighted by Gasteiger charge is -2.61. The highest BCUT2D eigenvalue weighted by Gasteiger charge is 2.74. The molecule has 3 aliphatic rings. The Morgan fingerprint density at radius 2 is 1.52 bits per heavy atom. The van der Waals surface area contributed by atoms with E-state index in [2.05, 4.69) is 0 Å². The van der Waals surface area contributed by atoms with E-state index in [9.17, 15) is 14.4 Å². The average Bonchev–Trinajstić information content (AvgIpc) is 3.03. The number of allylic oxidation sites excluding steroid dienone is 2. The van der Waals surface area contributed by atoms with Gasteiger partial charge < -0.3 is 4.90 Å². The fourth-order valence-electron chi connectivity index (χ4n) is 4.70. The molecule has 5 rings (SSSR count). The predicted octanol–water partition coefficient (Wildman–Crippen LogP) is 2.89. The first-order valence-corrected chi connectivity index (χ1v) is 9.00. The fraction of sp³-hybridized carbons (Fsp3) is 0.174. The monoisotopic (exact) mass is 355 g/mol. The van der Waals surface area contributed by atoms with Gasteiger partial charge in [-0.15, -0.1) is 0 Å². The zero-order valence-electron chi connectivity index (χ0n) is 14.6. The number of carbonyl (C=O) groups is 3. The first-order chi connectivity index (χ1) is 13.1. The number of rotatable bonds is 2. The molecule has 0 unspecified atom stereocenters. The Balaban J connectivity index is 1.62. The molecule has 4 heteroatoms. The third-order valence-corrected chi connectivity index (χ3v) is 6.03. The number of β-lactam (4-membered cyclic amide) rings is 1. The summed E-state index contributed by atoms with van der Waals surface area (Å²) in [5.41, 5.74) is 0.418. The summed E-state index contributed by atoms with van der Waals surface area (Å²) in [7, 11) is 0. The third kappa shape index (κ3) is 1.90. The first-order valence-electron chi connectivity index (χ1n) is 9.00. The van der Waals surface area contributed by atoms with Crippen molar-refractivity contribution in [3.05, 3.63) is 95.6 Å². The molecular formula is C23H17NO3. The lowest BCUT2D eigenvalue weighted by atomic mass is 9.56. The van der Waals surface area contributed by atoms with Gasteiger partial charge in [0, 0.05) is 12.1 Å². The number of fused-ring (bicyclic) bond motifs is 2. The maximum Gasteiger partial charge on any atom is 0.241 e. The second-order valence-electron chi connectivity index (χ2n) is 7.34. The van der Waals surface area contributed by atoms with Gasteiger partial charge in [0.25, 0.3) is 0 Å². The van der Waals surface area contributed by atoms with Gasteiger partial charge in [-0.1, -0.05) is 54.6 Å². The van der Waals surface area contributed by atoms with Crippen LogP contribution in [-0.2, 0) is 22.6 Å². The molecule has 132 valence electrons. The molecule has 2 spiro atoms. The summed E-state index contributed by atoms with van der Waals surface area (Å²) >= 11 is 0. The van der Waals surface area contributed by atoms with E-state index in [1.165, 1.54) is 12.2 Å². The lowest BCUT2D eigenvalue weighted by molar-refractivity contribution is -0.171. The average molecular weight is 355 g/mol. The number of hydrogen-bond acceptors (Lipinski definition) is 3. The molecule has 2 aromatic carbocycles. The standard InChI is InChI=1S/C23H17NO3/c25-18-10-12-22(13-11-18)23(14-17-8-4-5-9-19(17)20(23)26)21(27)24(22)15-16-6-2-1-3-7-16/h1-13H,14-15H2/t23-/m0/s1. The van der Waals surface area contributed by atoms with E-state index in [1.807, 2.05) is 48.5 Å². The Morgan fingerprint density at radius 3 is 2.22 bits per heavy atom. The smallest absolute Gasteiger partial charge is 0.241 e. The van der Waals surface area contributed by atoms with Crippen LogP contribution in [0.5, 0.6) is 0 Å². The van der Waals surface area contributed by atoms with Gasteiger partial charge >= 0.3 is 0 Å². The van der Waals surface area contributed by atoms with E-state index in [-0.39, 0.29) is 17.5 Å². The molecule has 0 N–H and O–H groups in total. The summed E-state index contributed by atoms with van der Waals surface area (Å²) in [6, 6.07) is 17.1. The minimum atomic E-state index is -1.18. The van der Waals surface area contributed by atoms with Crippen LogP contribution in [0, 0.1) is 5.41 Å². The quantitative estimate of drug-likeness (QED) is 0.615. The van der Waals surface area contributed by atoms with Crippen LogP contribution in [-0.4, -0.2) is 27.9 Å². The molecule has 4 nitrogen and oxygen atoms in total. The van der Waals surface area contributed by atoms with Crippen molar-refractivity contribution in [3.63, 3.8) is 0 Å². The Hall–Kier alpha value is -3.27. The number of nitrogens with zero attached hydrogens (tertiary/aromatic N) is 1. The van der Waals surface area contributed by atoms with Crippen LogP contribution in [0.4, 0.5) is 0 Å². The summed E-state index contributed by atoms with van der Waals surface area (Å²) < 4.78 is 0. The van der Waals surface area contributed by atoms with Gasteiger partial charge in [-0.05, 0) is 41.9 Å². The van der Waals surface area contributed by atoms with Gasteiger partial charge in [-0.25, -0.2) is 0 Å². The zero-order valence-corrected chi connectivity index (χ0v) is 14.6. The van der Waals surface area contributed by atoms with E-state index < -0.39 is 11.0 Å². The second kappa shape index (κ2) is 5.36. The molecule has 1 aliphatic heterocycles. The van der Waals surface area contributed by atoms with Gasteiger partial charge in [0.1, 0.15) is 11.0 Å². The minimum absolute atomic E-state index is 0.127. The summed E-state index contributed by atoms with van der Waals surface area (Å²) in [5, 5.41) is 0. The molecule has 1 amide bonds. The van der Waals surface area contributed by atoms with Gasteiger partial charge in [0.15, 0.2) is 11.6 Å². The van der Waals surface area contributed by atoms with Crippen LogP contribution < -0.4 is 0 Å². The van der Waals surface area contributed by atoms with Crippen molar-refractivity contribution in [2.24, 2.45) is 5.41 Å². The second-order valence-corrected chi connectivity index (χ2v) is 7.34. The van der Waals surface area contributed by atoms with Crippen LogP contribution in [0.15, 0.2) is 78.9 Å². The van der Waals surface area contributed by atoms with E-state index in [1.54, 1.807) is 23.1 Å². The molecule has 0 aromatic heterocycles. The largest absolute Gasteiger partial charge is 0.323 e. The topological polar surface area (TPSA) is 54.5 Å². The van der Waals surface area contributed by atoms with Crippen molar-refractivity contribution in [1.82, 2.24) is 4.90 Å². The van der Waals surface area contributed by atoms with E-state index in [0.29, 0.717) is 18.5 Å². The molecule has 1 heterocycles. The molecule has 1 saturated heterocycles. The van der Waals surface area contributed by atoms with Crippen molar-refractivity contribution in [1.29, 1.82) is 0 Å². The molecular weight excluding hydrogens is 338 g/mol. The van der Waals surface area contributed by atoms with Gasteiger partial charge in [-0.2, -0.15) is 0 Å². The third-order valence-electron chi connectivity index (χ3n) is 6.03. The first kappa shape index (κ1) is 15.9. The van der Waals surface area contributed by atoms with E-state index >= 15 is 0 Å². The van der Waals surface area contributed by atoms with Crippen molar-refractivity contribution in [2.45, 2.75) is 18.5 Å². The highest BCUT2D eigenvalue weighted by atomic mass is 16.2. The molecule has 27 heavy (non-hydrogen) atoms. The van der Waals surface area contributed by atoms with Crippen LogP contribution >= 0.6 is 0 Å². The van der Waals surface area contributed by atoms with E-state index in [4.69, 9.17) is 0 Å². The van der Waals surface area contributed by atoms with Crippen LogP contribution in [0.3, 0.4) is 0 Å². The van der Waals surface area contributed by atoms with Crippen LogP contribution in [0.25, 0.3) is 0 Å². The summed E-state index contributed by atoms with van der Waals surface area (Å²) in [5.74, 6) is -0.440. The summed E-state index contributed by atoms with van der Waals surface area (Å²) in [6.45, 7) is 0.397. The van der Waals surface area contributed by atoms with Gasteiger partial charge in [-0.3, -0.25) is 14.4 Å². The van der Waals surface area contributed by atoms with Crippen molar-refractivity contribution in [2.75, 3.05) is 0 Å². The van der Waals surface area contributed by atoms with Crippen molar-refractivity contribution >= 4 is 17.5 Å². The molecule has 2 aromatic rings. The Labute approximate surface area is 156 Å². The molecule has 1 fully saturated rings. The van der Waals surface area contributed by atoms with E-state index in [0.717, 1.165) is 11.1 Å². The zero-order chi connectivity index (χ0) is 18.6. The Bertz CT molecular complexity index is 1030. The van der Waals surface area contributed by atoms with Crippen LogP contribution in [0.1, 0.15) is 21.5 Å². The molecule has 0 radical (unpaired) electrons. The fourth-order valence-corrected chi connectivity index (χ4v) is 4.70. The number of likely N-dealkylation sites (tertiary alicyclic amines) is 1. The molecule has 2 aliphatic carbocycles. The number of Topliss-reactive ketones (excluding diaryl/α,β-unsaturated/α-hetero) is 1. The number of hydrogen-bond donors (Lipinski definition) is 0. The number of amides is 1. The minimum Gasteiger partial charge on any atom is -0.323 e. The number of ketones is 2. The number of benzene rings is 2. The normalized spacial score (nSPS) is 24.6.